The van der Waals surface area contributed by atoms with Gasteiger partial charge in [-0.3, -0.25) is 9.78 Å². The van der Waals surface area contributed by atoms with Crippen LogP contribution in [-0.2, 0) is 17.6 Å². The molecule has 0 bridgehead atoms. The Balaban J connectivity index is 1.47. The van der Waals surface area contributed by atoms with Crippen molar-refractivity contribution in [1.29, 1.82) is 0 Å². The zero-order valence-corrected chi connectivity index (χ0v) is 12.1. The topological polar surface area (TPSA) is 42.0 Å². The second kappa shape index (κ2) is 6.53. The van der Waals surface area contributed by atoms with Crippen LogP contribution in [0, 0.1) is 0 Å². The summed E-state index contributed by atoms with van der Waals surface area (Å²) in [6.45, 7) is 0.679. The van der Waals surface area contributed by atoms with Gasteiger partial charge in [0, 0.05) is 25.4 Å². The summed E-state index contributed by atoms with van der Waals surface area (Å²) in [5.41, 5.74) is 3.93. The Morgan fingerprint density at radius 2 is 2.14 bits per heavy atom. The molecule has 0 saturated heterocycles. The Bertz CT molecular complexity index is 610. The Labute approximate surface area is 125 Å². The molecular weight excluding hydrogens is 260 g/mol. The largest absolute Gasteiger partial charge is 0.356 e. The second-order valence-electron chi connectivity index (χ2n) is 5.60. The maximum atomic E-state index is 12.1. The molecule has 0 saturated carbocycles. The van der Waals surface area contributed by atoms with Gasteiger partial charge in [0.15, 0.2) is 0 Å². The number of hydrogen-bond donors (Lipinski definition) is 1. The molecule has 2 aromatic rings. The zero-order chi connectivity index (χ0) is 14.5. The molecular formula is C18H20N2O. The van der Waals surface area contributed by atoms with Crippen LogP contribution in [0.25, 0.3) is 0 Å². The van der Waals surface area contributed by atoms with E-state index in [4.69, 9.17) is 0 Å². The van der Waals surface area contributed by atoms with E-state index in [1.165, 1.54) is 11.1 Å². The summed E-state index contributed by atoms with van der Waals surface area (Å²) in [7, 11) is 0. The normalized spacial score (nSPS) is 16.5. The SMILES string of the molecule is O=C(C[C@H]1CCc2ccccc21)NCCc1cccnc1. The highest BCUT2D eigenvalue weighted by Crippen LogP contribution is 2.34. The lowest BCUT2D eigenvalue weighted by atomic mass is 9.97. The lowest BCUT2D eigenvalue weighted by Crippen LogP contribution is -2.26. The molecule has 0 unspecified atom stereocenters. The van der Waals surface area contributed by atoms with E-state index in [0.29, 0.717) is 18.9 Å². The average molecular weight is 280 g/mol. The predicted octanol–water partition coefficient (Wildman–Crippen LogP) is 2.86. The molecule has 1 N–H and O–H groups in total. The molecule has 1 atom stereocenters. The number of amides is 1. The minimum absolute atomic E-state index is 0.153. The van der Waals surface area contributed by atoms with E-state index in [-0.39, 0.29) is 5.91 Å². The van der Waals surface area contributed by atoms with Crippen LogP contribution >= 0.6 is 0 Å². The Hall–Kier alpha value is -2.16. The first-order valence-electron chi connectivity index (χ1n) is 7.56. The summed E-state index contributed by atoms with van der Waals surface area (Å²) in [5, 5.41) is 3.02. The lowest BCUT2D eigenvalue weighted by molar-refractivity contribution is -0.121. The Morgan fingerprint density at radius 1 is 1.24 bits per heavy atom. The van der Waals surface area contributed by atoms with E-state index >= 15 is 0 Å². The van der Waals surface area contributed by atoms with Crippen LogP contribution in [-0.4, -0.2) is 17.4 Å². The fraction of sp³-hybridized carbons (Fsp3) is 0.333. The molecule has 1 heterocycles. The Kier molecular flexibility index (Phi) is 4.29. The van der Waals surface area contributed by atoms with Gasteiger partial charge in [0.25, 0.3) is 0 Å². The van der Waals surface area contributed by atoms with Crippen LogP contribution in [0.4, 0.5) is 0 Å². The average Bonchev–Trinajstić information content (AvgIpc) is 2.92. The van der Waals surface area contributed by atoms with Gasteiger partial charge in [-0.15, -0.1) is 0 Å². The van der Waals surface area contributed by atoms with Gasteiger partial charge in [0.2, 0.25) is 5.91 Å². The molecule has 0 aliphatic heterocycles. The lowest BCUT2D eigenvalue weighted by Gasteiger charge is -2.11. The summed E-state index contributed by atoms with van der Waals surface area (Å²) in [6.07, 6.45) is 7.24. The number of carbonyl (C=O) groups excluding carboxylic acids is 1. The summed E-state index contributed by atoms with van der Waals surface area (Å²) in [4.78, 5) is 16.2. The van der Waals surface area contributed by atoms with Crippen LogP contribution in [0.15, 0.2) is 48.8 Å². The third-order valence-corrected chi connectivity index (χ3v) is 4.15. The van der Waals surface area contributed by atoms with E-state index in [1.54, 1.807) is 6.20 Å². The third-order valence-electron chi connectivity index (χ3n) is 4.15. The third kappa shape index (κ3) is 3.48. The molecule has 1 aliphatic carbocycles. The van der Waals surface area contributed by atoms with Crippen molar-refractivity contribution in [2.24, 2.45) is 0 Å². The Morgan fingerprint density at radius 3 is 3.00 bits per heavy atom. The number of fused-ring (bicyclic) bond motifs is 1. The van der Waals surface area contributed by atoms with E-state index in [0.717, 1.165) is 24.8 Å². The smallest absolute Gasteiger partial charge is 0.220 e. The van der Waals surface area contributed by atoms with Crippen LogP contribution in [0.5, 0.6) is 0 Å². The summed E-state index contributed by atoms with van der Waals surface area (Å²) >= 11 is 0. The van der Waals surface area contributed by atoms with E-state index in [1.807, 2.05) is 18.3 Å². The maximum absolute atomic E-state index is 12.1. The molecule has 3 rings (SSSR count). The minimum Gasteiger partial charge on any atom is -0.356 e. The first kappa shape index (κ1) is 13.8. The molecule has 3 nitrogen and oxygen atoms in total. The highest BCUT2D eigenvalue weighted by Gasteiger charge is 2.23. The van der Waals surface area contributed by atoms with Crippen molar-refractivity contribution in [3.05, 3.63) is 65.5 Å². The molecule has 1 amide bonds. The van der Waals surface area contributed by atoms with Crippen molar-refractivity contribution in [3.63, 3.8) is 0 Å². The minimum atomic E-state index is 0.153. The zero-order valence-electron chi connectivity index (χ0n) is 12.1. The molecule has 0 fully saturated rings. The fourth-order valence-electron chi connectivity index (χ4n) is 3.05. The highest BCUT2D eigenvalue weighted by atomic mass is 16.1. The molecule has 108 valence electrons. The van der Waals surface area contributed by atoms with Crippen molar-refractivity contribution in [2.75, 3.05) is 6.54 Å². The quantitative estimate of drug-likeness (QED) is 0.915. The number of carbonyl (C=O) groups is 1. The summed E-state index contributed by atoms with van der Waals surface area (Å²) in [5.74, 6) is 0.542. The van der Waals surface area contributed by atoms with Crippen molar-refractivity contribution in [3.8, 4) is 0 Å². The molecule has 1 aliphatic rings. The number of aromatic nitrogens is 1. The van der Waals surface area contributed by atoms with Gasteiger partial charge in [-0.1, -0.05) is 30.3 Å². The fourth-order valence-corrected chi connectivity index (χ4v) is 3.05. The summed E-state index contributed by atoms with van der Waals surface area (Å²) in [6, 6.07) is 12.4. The monoisotopic (exact) mass is 280 g/mol. The molecule has 1 aromatic carbocycles. The van der Waals surface area contributed by atoms with Gasteiger partial charge in [0.1, 0.15) is 0 Å². The molecule has 0 radical (unpaired) electrons. The number of nitrogens with one attached hydrogen (secondary N) is 1. The molecule has 21 heavy (non-hydrogen) atoms. The van der Waals surface area contributed by atoms with Crippen LogP contribution in [0.1, 0.15) is 35.4 Å². The first-order valence-corrected chi connectivity index (χ1v) is 7.56. The van der Waals surface area contributed by atoms with Crippen molar-refractivity contribution in [2.45, 2.75) is 31.6 Å². The van der Waals surface area contributed by atoms with E-state index in [2.05, 4.69) is 34.6 Å². The van der Waals surface area contributed by atoms with Crippen LogP contribution in [0.3, 0.4) is 0 Å². The highest BCUT2D eigenvalue weighted by molar-refractivity contribution is 5.77. The summed E-state index contributed by atoms with van der Waals surface area (Å²) < 4.78 is 0. The van der Waals surface area contributed by atoms with Gasteiger partial charge >= 0.3 is 0 Å². The predicted molar refractivity (Wildman–Crippen MR) is 83.1 cm³/mol. The van der Waals surface area contributed by atoms with Crippen molar-refractivity contribution >= 4 is 5.91 Å². The number of hydrogen-bond acceptors (Lipinski definition) is 2. The standard InChI is InChI=1S/C18H20N2O/c21-18(20-11-9-14-4-3-10-19-13-14)12-16-8-7-15-5-1-2-6-17(15)16/h1-6,10,13,16H,7-9,11-12H2,(H,20,21)/t16-/m1/s1. The molecule has 3 heteroatoms. The number of aryl methyl sites for hydroxylation is 1. The number of pyridine rings is 1. The van der Waals surface area contributed by atoms with Crippen molar-refractivity contribution in [1.82, 2.24) is 10.3 Å². The van der Waals surface area contributed by atoms with Gasteiger partial charge in [0.05, 0.1) is 0 Å². The van der Waals surface area contributed by atoms with Gasteiger partial charge in [-0.05, 0) is 47.9 Å². The van der Waals surface area contributed by atoms with Crippen molar-refractivity contribution < 1.29 is 4.79 Å². The second-order valence-corrected chi connectivity index (χ2v) is 5.60. The number of nitrogens with zero attached hydrogens (tertiary/aromatic N) is 1. The first-order chi connectivity index (χ1) is 10.3. The maximum Gasteiger partial charge on any atom is 0.220 e. The van der Waals surface area contributed by atoms with Gasteiger partial charge in [-0.25, -0.2) is 0 Å². The van der Waals surface area contributed by atoms with Gasteiger partial charge < -0.3 is 5.32 Å². The van der Waals surface area contributed by atoms with Gasteiger partial charge in [-0.2, -0.15) is 0 Å². The van der Waals surface area contributed by atoms with E-state index in [9.17, 15) is 4.79 Å². The van der Waals surface area contributed by atoms with Crippen LogP contribution in [0.2, 0.25) is 0 Å². The number of rotatable bonds is 5. The molecule has 0 spiro atoms. The number of benzene rings is 1. The molecule has 1 aromatic heterocycles. The van der Waals surface area contributed by atoms with E-state index < -0.39 is 0 Å². The van der Waals surface area contributed by atoms with Crippen LogP contribution < -0.4 is 5.32 Å².